The van der Waals surface area contributed by atoms with E-state index >= 15 is 0 Å². The maximum Gasteiger partial charge on any atom is 0.338 e. The lowest BCUT2D eigenvalue weighted by molar-refractivity contribution is -0.360. The van der Waals surface area contributed by atoms with Crippen molar-refractivity contribution in [1.29, 1.82) is 0 Å². The molecule has 6 heterocycles. The Bertz CT molecular complexity index is 1820. The summed E-state index contributed by atoms with van der Waals surface area (Å²) in [6, 6.07) is 8.98. The Balaban J connectivity index is 0.000000241. The number of hydrogen-bond donors (Lipinski definition) is 9. The van der Waals surface area contributed by atoms with Crippen molar-refractivity contribution in [1.82, 2.24) is 0 Å². The summed E-state index contributed by atoms with van der Waals surface area (Å²) in [6.45, 7) is 22.6. The highest BCUT2D eigenvalue weighted by molar-refractivity contribution is 5.89. The minimum Gasteiger partial charge on any atom is -0.453 e. The van der Waals surface area contributed by atoms with Gasteiger partial charge >= 0.3 is 5.97 Å². The van der Waals surface area contributed by atoms with Crippen LogP contribution in [-0.4, -0.2) is 212 Å². The zero-order valence-electron chi connectivity index (χ0n) is 43.5. The van der Waals surface area contributed by atoms with Crippen LogP contribution in [0.5, 0.6) is 0 Å². The van der Waals surface area contributed by atoms with E-state index < -0.39 is 142 Å². The largest absolute Gasteiger partial charge is 0.453 e. The number of hydrogen-bond acceptors (Lipinski definition) is 21. The van der Waals surface area contributed by atoms with E-state index in [4.69, 9.17) is 52.1 Å². The van der Waals surface area contributed by atoms with Gasteiger partial charge in [-0.05, 0) is 71.4 Å². The Morgan fingerprint density at radius 1 is 0.389 bits per heavy atom. The summed E-state index contributed by atoms with van der Waals surface area (Å²) < 4.78 is 66.1. The second-order valence-electron chi connectivity index (χ2n) is 21.2. The first-order chi connectivity index (χ1) is 33.9. The van der Waals surface area contributed by atoms with Crippen LogP contribution in [0.25, 0.3) is 0 Å². The molecule has 0 bridgehead atoms. The van der Waals surface area contributed by atoms with Gasteiger partial charge in [0.25, 0.3) is 0 Å². The highest BCUT2D eigenvalue weighted by atomic mass is 16.7. The van der Waals surface area contributed by atoms with E-state index in [2.05, 4.69) is 48.5 Å². The van der Waals surface area contributed by atoms with Crippen LogP contribution in [-0.2, 0) is 52.1 Å². The molecule has 6 saturated heterocycles. The molecule has 6 aliphatic rings. The number of benzene rings is 1. The summed E-state index contributed by atoms with van der Waals surface area (Å²) in [5.74, 6) is 0.647. The second-order valence-corrected chi connectivity index (χ2v) is 21.2. The molecule has 9 N–H and O–H groups in total. The van der Waals surface area contributed by atoms with Crippen LogP contribution < -0.4 is 0 Å². The van der Waals surface area contributed by atoms with Crippen LogP contribution in [0.2, 0.25) is 0 Å². The molecular weight excluding hydrogens is 949 g/mol. The summed E-state index contributed by atoms with van der Waals surface area (Å²) in [4.78, 5) is 13.1. The van der Waals surface area contributed by atoms with E-state index in [9.17, 15) is 50.8 Å². The third-order valence-corrected chi connectivity index (χ3v) is 16.4. The average Bonchev–Trinajstić information content (AvgIpc) is 3.36. The van der Waals surface area contributed by atoms with Crippen molar-refractivity contribution in [2.45, 2.75) is 230 Å². The lowest BCUT2D eigenvalue weighted by Crippen LogP contribution is -2.65. The number of esters is 1. The smallest absolute Gasteiger partial charge is 0.338 e. The minimum absolute atomic E-state index is 0.00947. The van der Waals surface area contributed by atoms with Crippen molar-refractivity contribution in [3.63, 3.8) is 0 Å². The molecule has 0 aromatic heterocycles. The van der Waals surface area contributed by atoms with Gasteiger partial charge in [-0.2, -0.15) is 0 Å². The number of carbonyl (C=O) groups is 1. The molecule has 0 spiro atoms. The number of rotatable bonds is 12. The number of aliphatic hydroxyl groups is 9. The first kappa shape index (κ1) is 59.2. The van der Waals surface area contributed by atoms with E-state index in [0.29, 0.717) is 17.4 Å². The molecule has 414 valence electrons. The Morgan fingerprint density at radius 2 is 0.819 bits per heavy atom. The second kappa shape index (κ2) is 25.4. The first-order valence-electron chi connectivity index (χ1n) is 25.7. The van der Waals surface area contributed by atoms with Crippen molar-refractivity contribution >= 4 is 5.97 Å². The van der Waals surface area contributed by atoms with E-state index in [1.165, 1.54) is 13.8 Å². The topological polar surface area (TPSA) is 301 Å². The maximum atomic E-state index is 13.1. The summed E-state index contributed by atoms with van der Waals surface area (Å²) in [5.41, 5.74) is 0.487. The van der Waals surface area contributed by atoms with E-state index in [0.717, 1.165) is 0 Å². The van der Waals surface area contributed by atoms with Crippen LogP contribution >= 0.6 is 0 Å². The van der Waals surface area contributed by atoms with Crippen molar-refractivity contribution in [3.8, 4) is 0 Å². The Morgan fingerprint density at radius 3 is 1.35 bits per heavy atom. The molecule has 72 heavy (non-hydrogen) atoms. The van der Waals surface area contributed by atoms with Crippen LogP contribution in [0.4, 0.5) is 0 Å². The predicted octanol–water partition coefficient (Wildman–Crippen LogP) is 0.621. The molecule has 0 amide bonds. The molecule has 30 atom stereocenters. The van der Waals surface area contributed by atoms with Crippen LogP contribution in [0, 0.1) is 35.5 Å². The Labute approximate surface area is 422 Å². The third-order valence-electron chi connectivity index (χ3n) is 16.4. The molecule has 6 aliphatic heterocycles. The van der Waals surface area contributed by atoms with Gasteiger partial charge in [-0.15, -0.1) is 0 Å². The molecule has 1 aromatic rings. The van der Waals surface area contributed by atoms with E-state index in [1.807, 2.05) is 32.0 Å². The van der Waals surface area contributed by atoms with Gasteiger partial charge in [0.15, 0.2) is 31.3 Å². The number of carbonyl (C=O) groups excluding carboxylic acids is 1. The van der Waals surface area contributed by atoms with Gasteiger partial charge in [-0.1, -0.05) is 59.7 Å². The van der Waals surface area contributed by atoms with Gasteiger partial charge < -0.3 is 98.1 Å². The van der Waals surface area contributed by atoms with Gasteiger partial charge in [0.1, 0.15) is 67.1 Å². The fourth-order valence-corrected chi connectivity index (χ4v) is 10.7. The molecule has 0 radical (unpaired) electrons. The summed E-state index contributed by atoms with van der Waals surface area (Å²) in [5, 5.41) is 91.0. The molecule has 7 rings (SSSR count). The third kappa shape index (κ3) is 12.8. The SMILES string of the molecule is CC1O[C@@H](OC2[C@H](C)OC(CO)[C@@H](O[C@@H]3OC(C)[C@H](O)[C@H](O)C3O)[C@@H]2O)C(O)[C@@H](O)[C@H]1O.CC1[C@H](O[C@@H]2C(CO)O[C@@H](C)C(O[C@@H]3OC(C)[C@H](C)[C@H](C)C3OC(=O)c3ccccc3)[C@H]2C)OC(C)[C@H](C)[C@@H]1C. The summed E-state index contributed by atoms with van der Waals surface area (Å²) in [6.07, 6.45) is -23.0. The van der Waals surface area contributed by atoms with Crippen molar-refractivity contribution in [3.05, 3.63) is 35.9 Å². The summed E-state index contributed by atoms with van der Waals surface area (Å²) >= 11 is 0. The normalized spacial score (nSPS) is 50.1. The molecule has 6 fully saturated rings. The van der Waals surface area contributed by atoms with Crippen molar-refractivity contribution < 1.29 is 103 Å². The molecule has 21 nitrogen and oxygen atoms in total. The minimum atomic E-state index is -1.65. The average molecular weight is 1030 g/mol. The molecule has 21 heteroatoms. The zero-order chi connectivity index (χ0) is 53.2. The highest BCUT2D eigenvalue weighted by Crippen LogP contribution is 2.41. The van der Waals surface area contributed by atoms with Gasteiger partial charge in [0, 0.05) is 17.8 Å². The van der Waals surface area contributed by atoms with E-state index in [1.54, 1.807) is 19.1 Å². The van der Waals surface area contributed by atoms with Gasteiger partial charge in [0.05, 0.1) is 67.6 Å². The number of ether oxygens (including phenoxy) is 11. The fraction of sp³-hybridized carbons (Fsp3) is 0.863. The monoisotopic (exact) mass is 1030 g/mol. The van der Waals surface area contributed by atoms with Crippen molar-refractivity contribution in [2.24, 2.45) is 35.5 Å². The van der Waals surface area contributed by atoms with Gasteiger partial charge in [-0.25, -0.2) is 4.79 Å². The van der Waals surface area contributed by atoms with Crippen molar-refractivity contribution in [2.75, 3.05) is 13.2 Å². The highest BCUT2D eigenvalue weighted by Gasteiger charge is 2.54. The maximum absolute atomic E-state index is 13.1. The van der Waals surface area contributed by atoms with Crippen LogP contribution in [0.3, 0.4) is 0 Å². The molecule has 12 unspecified atom stereocenters. The molecule has 0 aliphatic carbocycles. The molecular formula is C51H84O21. The lowest BCUT2D eigenvalue weighted by atomic mass is 9.79. The summed E-state index contributed by atoms with van der Waals surface area (Å²) in [7, 11) is 0. The standard InChI is InChI=1S/C32H50O8.C19H34O13/c1-16-17(2)22(7)36-31(20(16)5)40-28-21(6)27(24(9)35-26(28)15-33)39-32-29(19(4)18(3)23(8)37-32)38-30(34)25-13-11-10-12-14-25;1-5-9(21)11(23)13(25)18(29-5)31-16-7(3)28-8(4-20)17(15(16)27)32-19-14(26)12(24)10(22)6(2)30-19/h10-14,16-24,26-29,31-33H,15H2,1-9H3;5-27H,4H2,1-3H3/t16-,17+,18+,19-,20?,21+,22?,23?,24-,26?,27?,28-,29?,31-,32-;5?,6?,7-,8?,9-,10-,11-,12-,13?,14?,15+,16?,17+,18-,19-/m00/s1. The van der Waals surface area contributed by atoms with Crippen LogP contribution in [0.1, 0.15) is 93.4 Å². The lowest BCUT2D eigenvalue weighted by Gasteiger charge is -2.50. The predicted molar refractivity (Wildman–Crippen MR) is 252 cm³/mol. The van der Waals surface area contributed by atoms with Gasteiger partial charge in [-0.3, -0.25) is 0 Å². The number of aliphatic hydroxyl groups excluding tert-OH is 9. The fourth-order valence-electron chi connectivity index (χ4n) is 10.7. The zero-order valence-corrected chi connectivity index (χ0v) is 43.5. The van der Waals surface area contributed by atoms with Crippen LogP contribution in [0.15, 0.2) is 30.3 Å². The molecule has 1 aromatic carbocycles. The first-order valence-corrected chi connectivity index (χ1v) is 25.7. The van der Waals surface area contributed by atoms with Gasteiger partial charge in [0.2, 0.25) is 0 Å². The molecule has 0 saturated carbocycles. The quantitative estimate of drug-likeness (QED) is 0.130. The Hall–Kier alpha value is -2.07. The van der Waals surface area contributed by atoms with E-state index in [-0.39, 0.29) is 48.6 Å². The Kier molecular flexibility index (Phi) is 20.9.